The van der Waals surface area contributed by atoms with Crippen LogP contribution < -0.4 is 30.3 Å². The number of hydrogen-bond acceptors (Lipinski definition) is 3. The molecule has 0 radical (unpaired) electrons. The Morgan fingerprint density at radius 1 is 0.404 bits per heavy atom. The molecule has 264 valence electrons. The van der Waals surface area contributed by atoms with Crippen LogP contribution in [0.5, 0.6) is 23.0 Å². The number of hydrogen-bond donors (Lipinski definition) is 0. The van der Waals surface area contributed by atoms with E-state index in [-0.39, 0.29) is 0 Å². The maximum Gasteiger partial charge on any atom is 0.139 e. The minimum atomic E-state index is -0.899. The Labute approximate surface area is 330 Å². The molecule has 2 aliphatic carbocycles. The molecule has 0 fully saturated rings. The summed E-state index contributed by atoms with van der Waals surface area (Å²) in [6.45, 7) is 0. The molecule has 1 spiro atoms. The fraction of sp³-hybridized carbons (Fsp3) is 0.0189. The molecule has 0 bridgehead atoms. The van der Waals surface area contributed by atoms with E-state index in [2.05, 4.69) is 181 Å². The first-order chi connectivity index (χ1) is 28.3. The zero-order valence-electron chi connectivity index (χ0n) is 30.5. The van der Waals surface area contributed by atoms with Crippen molar-refractivity contribution in [1.29, 1.82) is 0 Å². The lowest BCUT2D eigenvalue weighted by molar-refractivity contribution is 0.466. The average Bonchev–Trinajstić information content (AvgIpc) is 3.74. The molecule has 0 aromatic heterocycles. The summed E-state index contributed by atoms with van der Waals surface area (Å²) in [7, 11) is -0.899. The summed E-state index contributed by atoms with van der Waals surface area (Å²) in [4.78, 5) is 2.41. The second kappa shape index (κ2) is 10.7. The van der Waals surface area contributed by atoms with Crippen LogP contribution in [-0.4, -0.2) is 0 Å². The van der Waals surface area contributed by atoms with Crippen LogP contribution in [0.15, 0.2) is 182 Å². The van der Waals surface area contributed by atoms with Crippen molar-refractivity contribution in [2.45, 2.75) is 5.41 Å². The number of anilines is 3. The normalized spacial score (nSPS) is 15.9. The van der Waals surface area contributed by atoms with Crippen LogP contribution in [-0.2, 0) is 5.41 Å². The molecule has 9 aromatic rings. The average molecular weight is 744 g/mol. The van der Waals surface area contributed by atoms with E-state index in [1.165, 1.54) is 76.9 Å². The lowest BCUT2D eigenvalue weighted by Crippen LogP contribution is -2.39. The van der Waals surface area contributed by atoms with Crippen LogP contribution >= 0.6 is 7.92 Å². The third kappa shape index (κ3) is 3.67. The molecule has 0 N–H and O–H groups in total. The molecule has 14 rings (SSSR count). The maximum atomic E-state index is 6.92. The van der Waals surface area contributed by atoms with Gasteiger partial charge in [0.2, 0.25) is 0 Å². The van der Waals surface area contributed by atoms with Gasteiger partial charge in [-0.1, -0.05) is 127 Å². The Balaban J connectivity index is 1.01. The highest BCUT2D eigenvalue weighted by molar-refractivity contribution is 7.81. The third-order valence-electron chi connectivity index (χ3n) is 12.9. The Morgan fingerprint density at radius 2 is 1.00 bits per heavy atom. The lowest BCUT2D eigenvalue weighted by Gasteiger charge is -2.44. The van der Waals surface area contributed by atoms with Crippen LogP contribution in [0, 0.1) is 0 Å². The van der Waals surface area contributed by atoms with Crippen molar-refractivity contribution in [1.82, 2.24) is 0 Å². The zero-order chi connectivity index (χ0) is 37.0. The van der Waals surface area contributed by atoms with Crippen molar-refractivity contribution in [3.05, 3.63) is 204 Å². The molecule has 0 saturated heterocycles. The number of ether oxygens (including phenoxy) is 2. The maximum absolute atomic E-state index is 6.92. The molecule has 4 heteroatoms. The summed E-state index contributed by atoms with van der Waals surface area (Å²) in [5.74, 6) is 3.64. The molecule has 3 heterocycles. The molecule has 0 saturated carbocycles. The van der Waals surface area contributed by atoms with Crippen LogP contribution in [0.25, 0.3) is 44.2 Å². The number of fused-ring (bicyclic) bond motifs is 12. The smallest absolute Gasteiger partial charge is 0.139 e. The van der Waals surface area contributed by atoms with E-state index >= 15 is 0 Å². The van der Waals surface area contributed by atoms with Crippen LogP contribution in [0.1, 0.15) is 22.3 Å². The summed E-state index contributed by atoms with van der Waals surface area (Å²) < 4.78 is 13.5. The van der Waals surface area contributed by atoms with Crippen molar-refractivity contribution in [2.24, 2.45) is 0 Å². The molecule has 1 atom stereocenters. The lowest BCUT2D eigenvalue weighted by atomic mass is 9.69. The van der Waals surface area contributed by atoms with Gasteiger partial charge in [0, 0.05) is 13.6 Å². The Hall–Kier alpha value is -6.93. The van der Waals surface area contributed by atoms with Crippen molar-refractivity contribution in [3.8, 4) is 56.4 Å². The molecule has 3 aliphatic heterocycles. The minimum absolute atomic E-state index is 0.398. The second-order valence-electron chi connectivity index (χ2n) is 15.6. The summed E-state index contributed by atoms with van der Waals surface area (Å²) in [6.07, 6.45) is 0. The molecule has 0 amide bonds. The van der Waals surface area contributed by atoms with Crippen molar-refractivity contribution in [3.63, 3.8) is 0 Å². The van der Waals surface area contributed by atoms with Gasteiger partial charge in [0.05, 0.1) is 32.7 Å². The summed E-state index contributed by atoms with van der Waals surface area (Å²) in [5, 5.41) is 6.19. The molecule has 9 aromatic carbocycles. The van der Waals surface area contributed by atoms with E-state index in [1.807, 2.05) is 6.07 Å². The summed E-state index contributed by atoms with van der Waals surface area (Å²) in [6, 6.07) is 67.0. The van der Waals surface area contributed by atoms with Gasteiger partial charge in [-0.05, 0) is 121 Å². The van der Waals surface area contributed by atoms with Gasteiger partial charge in [0.25, 0.3) is 0 Å². The monoisotopic (exact) mass is 743 g/mol. The second-order valence-corrected chi connectivity index (χ2v) is 17.6. The van der Waals surface area contributed by atoms with Gasteiger partial charge in [-0.2, -0.15) is 0 Å². The number of para-hydroxylation sites is 1. The van der Waals surface area contributed by atoms with Crippen molar-refractivity contribution >= 4 is 51.7 Å². The van der Waals surface area contributed by atoms with Gasteiger partial charge in [-0.25, -0.2) is 0 Å². The number of nitrogens with zero attached hydrogens (tertiary/aromatic N) is 1. The molecular formula is C53H30NO2P. The van der Waals surface area contributed by atoms with E-state index < -0.39 is 13.3 Å². The summed E-state index contributed by atoms with van der Waals surface area (Å²) in [5.41, 5.74) is 16.1. The Kier molecular flexibility index (Phi) is 5.68. The number of rotatable bonds is 2. The standard InChI is InChI=1S/C53H30NO2P/c1-2-12-34(13-3-1)54-43-20-10-21-45-50(43)57-51-44(54)29-33(30-48(51)56-47-23-11-22-46(55-45)52(47)57)31-24-26-35-32(28-31)25-27-39-38-16-6-9-19-42(38)53(49(35)39)40-17-7-4-14-36(40)37-15-5-8-18-41(37)53/h1-30H. The van der Waals surface area contributed by atoms with E-state index in [4.69, 9.17) is 9.47 Å². The van der Waals surface area contributed by atoms with Crippen LogP contribution in [0.3, 0.4) is 0 Å². The molecular weight excluding hydrogens is 714 g/mol. The predicted octanol–water partition coefficient (Wildman–Crippen LogP) is 12.6. The Bertz CT molecular complexity index is 3210. The van der Waals surface area contributed by atoms with Gasteiger partial charge in [0.1, 0.15) is 23.0 Å². The largest absolute Gasteiger partial charge is 0.456 e. The topological polar surface area (TPSA) is 21.7 Å². The quantitative estimate of drug-likeness (QED) is 0.165. The van der Waals surface area contributed by atoms with E-state index in [1.54, 1.807) is 0 Å². The first-order valence-electron chi connectivity index (χ1n) is 19.6. The van der Waals surface area contributed by atoms with Crippen molar-refractivity contribution < 1.29 is 9.47 Å². The minimum Gasteiger partial charge on any atom is -0.456 e. The van der Waals surface area contributed by atoms with Crippen molar-refractivity contribution in [2.75, 3.05) is 4.90 Å². The van der Waals surface area contributed by atoms with Gasteiger partial charge in [0.15, 0.2) is 0 Å². The fourth-order valence-electron chi connectivity index (χ4n) is 10.8. The molecule has 3 nitrogen and oxygen atoms in total. The molecule has 1 unspecified atom stereocenters. The fourth-order valence-corrected chi connectivity index (χ4v) is 13.6. The SMILES string of the molecule is c1ccc(N2c3cccc4c3P3c5c(cccc5Oc5cc(-c6ccc7c8c(ccc7c6)-c6ccccc6C86c7ccccc7-c7ccccc76)cc2c53)O4)cc1. The first-order valence-corrected chi connectivity index (χ1v) is 20.9. The highest BCUT2D eigenvalue weighted by Crippen LogP contribution is 2.65. The van der Waals surface area contributed by atoms with Gasteiger partial charge in [-0.15, -0.1) is 0 Å². The van der Waals surface area contributed by atoms with Gasteiger partial charge in [-0.3, -0.25) is 0 Å². The third-order valence-corrected chi connectivity index (χ3v) is 15.6. The zero-order valence-corrected chi connectivity index (χ0v) is 31.4. The van der Waals surface area contributed by atoms with Crippen LogP contribution in [0.2, 0.25) is 0 Å². The predicted molar refractivity (Wildman–Crippen MR) is 233 cm³/mol. The first kappa shape index (κ1) is 30.3. The highest BCUT2D eigenvalue weighted by Gasteiger charge is 2.52. The molecule has 57 heavy (non-hydrogen) atoms. The van der Waals surface area contributed by atoms with E-state index in [0.29, 0.717) is 0 Å². The van der Waals surface area contributed by atoms with E-state index in [9.17, 15) is 0 Å². The van der Waals surface area contributed by atoms with Crippen LogP contribution in [0.4, 0.5) is 17.1 Å². The molecule has 5 aliphatic rings. The van der Waals surface area contributed by atoms with Gasteiger partial charge >= 0.3 is 0 Å². The Morgan fingerprint density at radius 3 is 1.72 bits per heavy atom. The van der Waals surface area contributed by atoms with E-state index in [0.717, 1.165) is 45.5 Å². The highest BCUT2D eigenvalue weighted by atomic mass is 31.1. The summed E-state index contributed by atoms with van der Waals surface area (Å²) >= 11 is 0. The van der Waals surface area contributed by atoms with Gasteiger partial charge < -0.3 is 14.4 Å². The number of benzene rings is 9.